The molecule has 0 aromatic carbocycles. The number of nitrogens with one attached hydrogen (secondary N) is 1. The molecule has 0 heterocycles. The first-order valence-corrected chi connectivity index (χ1v) is 5.14. The van der Waals surface area contributed by atoms with Crippen LogP contribution in [0.2, 0.25) is 0 Å². The molecule has 0 spiro atoms. The molecule has 0 aliphatic rings. The van der Waals surface area contributed by atoms with Gasteiger partial charge in [-0.1, -0.05) is 60.0 Å². The molecule has 1 unspecified atom stereocenters. The minimum atomic E-state index is -0.801. The van der Waals surface area contributed by atoms with Crippen molar-refractivity contribution in [1.29, 1.82) is 0 Å². The summed E-state index contributed by atoms with van der Waals surface area (Å²) in [5, 5.41) is 11.8. The zero-order chi connectivity index (χ0) is 8.36. The molecule has 10 heavy (non-hydrogen) atoms. The second-order valence-electron chi connectivity index (χ2n) is 1.64. The van der Waals surface area contributed by atoms with Crippen molar-refractivity contribution in [3.63, 3.8) is 0 Å². The summed E-state index contributed by atoms with van der Waals surface area (Å²) in [4.78, 5) is 0.537. The van der Waals surface area contributed by atoms with Crippen molar-refractivity contribution < 1.29 is 5.11 Å². The Balaban J connectivity index is 3.85. The SMILES string of the molecule is CC(=S)NC(O)C(Br)(Br)Br. The van der Waals surface area contributed by atoms with Crippen molar-refractivity contribution in [1.82, 2.24) is 5.32 Å². The fraction of sp³-hybridized carbons (Fsp3) is 0.750. The fourth-order valence-corrected chi connectivity index (χ4v) is 0.729. The van der Waals surface area contributed by atoms with Gasteiger partial charge in [0.1, 0.15) is 0 Å². The lowest BCUT2D eigenvalue weighted by Gasteiger charge is -2.21. The normalized spacial score (nSPS) is 14.5. The summed E-state index contributed by atoms with van der Waals surface area (Å²) < 4.78 is -0.715. The van der Waals surface area contributed by atoms with E-state index >= 15 is 0 Å². The van der Waals surface area contributed by atoms with Crippen LogP contribution in [0.15, 0.2) is 0 Å². The topological polar surface area (TPSA) is 32.3 Å². The van der Waals surface area contributed by atoms with Crippen molar-refractivity contribution in [2.24, 2.45) is 0 Å². The van der Waals surface area contributed by atoms with E-state index in [4.69, 9.17) is 12.2 Å². The summed E-state index contributed by atoms with van der Waals surface area (Å²) >= 11 is 14.1. The van der Waals surface area contributed by atoms with Gasteiger partial charge in [0, 0.05) is 0 Å². The lowest BCUT2D eigenvalue weighted by molar-refractivity contribution is 0.175. The second kappa shape index (κ2) is 4.35. The van der Waals surface area contributed by atoms with Crippen LogP contribution in [0.3, 0.4) is 0 Å². The van der Waals surface area contributed by atoms with Crippen molar-refractivity contribution >= 4 is 65.0 Å². The predicted octanol–water partition coefficient (Wildman–Crippen LogP) is 2.08. The first kappa shape index (κ1) is 11.3. The Morgan fingerprint density at radius 2 is 2.00 bits per heavy atom. The molecule has 0 fully saturated rings. The molecule has 0 saturated carbocycles. The van der Waals surface area contributed by atoms with Gasteiger partial charge in [-0.05, 0) is 6.92 Å². The van der Waals surface area contributed by atoms with Crippen LogP contribution in [0.25, 0.3) is 0 Å². The minimum Gasteiger partial charge on any atom is -0.370 e. The maximum Gasteiger partial charge on any atom is 0.178 e. The third-order valence-electron chi connectivity index (χ3n) is 0.650. The molecule has 2 nitrogen and oxygen atoms in total. The average Bonchev–Trinajstić information content (AvgIpc) is 1.60. The van der Waals surface area contributed by atoms with Gasteiger partial charge in [0.05, 0.1) is 4.99 Å². The smallest absolute Gasteiger partial charge is 0.178 e. The fourth-order valence-electron chi connectivity index (χ4n) is 0.274. The Morgan fingerprint density at radius 1 is 1.60 bits per heavy atom. The molecule has 6 heteroatoms. The number of aliphatic hydroxyl groups is 1. The highest BCUT2D eigenvalue weighted by molar-refractivity contribution is 9.39. The van der Waals surface area contributed by atoms with Crippen LogP contribution in [0.4, 0.5) is 0 Å². The standard InChI is InChI=1S/C4H6Br3NOS/c1-2(10)8-3(9)4(5,6)7/h3,9H,1H3,(H,8,10). The molecule has 0 saturated heterocycles. The van der Waals surface area contributed by atoms with E-state index in [1.165, 1.54) is 0 Å². The van der Waals surface area contributed by atoms with Gasteiger partial charge in [-0.3, -0.25) is 0 Å². The van der Waals surface area contributed by atoms with Gasteiger partial charge < -0.3 is 10.4 Å². The molecule has 0 bridgehead atoms. The zero-order valence-electron chi connectivity index (χ0n) is 5.07. The highest BCUT2D eigenvalue weighted by Crippen LogP contribution is 2.35. The molecular formula is C4H6Br3NOS. The molecule has 0 amide bonds. The van der Waals surface area contributed by atoms with E-state index in [9.17, 15) is 5.11 Å². The van der Waals surface area contributed by atoms with E-state index in [-0.39, 0.29) is 0 Å². The highest BCUT2D eigenvalue weighted by atomic mass is 80.0. The average molecular weight is 356 g/mol. The molecular weight excluding hydrogens is 350 g/mol. The number of aliphatic hydroxyl groups excluding tert-OH is 1. The van der Waals surface area contributed by atoms with E-state index < -0.39 is 8.37 Å². The van der Waals surface area contributed by atoms with E-state index in [2.05, 4.69) is 53.1 Å². The number of rotatable bonds is 1. The summed E-state index contributed by atoms with van der Waals surface area (Å²) in [7, 11) is 0. The van der Waals surface area contributed by atoms with Crippen LogP contribution < -0.4 is 5.32 Å². The first-order valence-electron chi connectivity index (χ1n) is 2.36. The molecule has 60 valence electrons. The van der Waals surface area contributed by atoms with Crippen LogP contribution in [0, 0.1) is 0 Å². The van der Waals surface area contributed by atoms with Crippen LogP contribution in [-0.4, -0.2) is 18.5 Å². The molecule has 0 aliphatic heterocycles. The summed E-state index contributed by atoms with van der Waals surface area (Å²) in [5.41, 5.74) is 0. The molecule has 1 atom stereocenters. The van der Waals surface area contributed by atoms with Gasteiger partial charge in [-0.2, -0.15) is 0 Å². The molecule has 0 radical (unpaired) electrons. The molecule has 0 aromatic heterocycles. The maximum atomic E-state index is 9.22. The van der Waals surface area contributed by atoms with E-state index in [0.717, 1.165) is 0 Å². The van der Waals surface area contributed by atoms with Gasteiger partial charge in [0.15, 0.2) is 8.37 Å². The third kappa shape index (κ3) is 5.01. The Labute approximate surface area is 90.1 Å². The largest absolute Gasteiger partial charge is 0.370 e. The van der Waals surface area contributed by atoms with Crippen LogP contribution in [-0.2, 0) is 0 Å². The summed E-state index contributed by atoms with van der Waals surface area (Å²) in [6.45, 7) is 1.69. The van der Waals surface area contributed by atoms with Gasteiger partial charge in [0.2, 0.25) is 0 Å². The van der Waals surface area contributed by atoms with Crippen molar-refractivity contribution in [3.05, 3.63) is 0 Å². The molecule has 0 rings (SSSR count). The zero-order valence-corrected chi connectivity index (χ0v) is 10.6. The van der Waals surface area contributed by atoms with Gasteiger partial charge in [-0.15, -0.1) is 0 Å². The summed E-state index contributed by atoms with van der Waals surface area (Å²) in [5.74, 6) is 0. The summed E-state index contributed by atoms with van der Waals surface area (Å²) in [6.07, 6.45) is -0.801. The predicted molar refractivity (Wildman–Crippen MR) is 56.9 cm³/mol. The van der Waals surface area contributed by atoms with Gasteiger partial charge in [0.25, 0.3) is 0 Å². The second-order valence-corrected chi connectivity index (χ2v) is 9.20. The molecule has 0 aliphatic carbocycles. The van der Waals surface area contributed by atoms with E-state index in [1.54, 1.807) is 6.92 Å². The van der Waals surface area contributed by atoms with Crippen molar-refractivity contribution in [3.8, 4) is 0 Å². The lowest BCUT2D eigenvalue weighted by atomic mass is 10.6. The van der Waals surface area contributed by atoms with Crippen LogP contribution >= 0.6 is 60.0 Å². The van der Waals surface area contributed by atoms with Crippen molar-refractivity contribution in [2.45, 2.75) is 15.3 Å². The van der Waals surface area contributed by atoms with E-state index in [1.807, 2.05) is 0 Å². The highest BCUT2D eigenvalue weighted by Gasteiger charge is 2.28. The van der Waals surface area contributed by atoms with Gasteiger partial charge in [-0.25, -0.2) is 0 Å². The first-order chi connectivity index (χ1) is 4.34. The molecule has 0 aromatic rings. The number of halogens is 3. The number of hydrogen-bond donors (Lipinski definition) is 2. The minimum absolute atomic E-state index is 0.537. The number of alkyl halides is 3. The quantitative estimate of drug-likeness (QED) is 0.429. The maximum absolute atomic E-state index is 9.22. The molecule has 2 N–H and O–H groups in total. The lowest BCUT2D eigenvalue weighted by Crippen LogP contribution is -2.40. The Bertz CT molecular complexity index is 135. The van der Waals surface area contributed by atoms with Gasteiger partial charge >= 0.3 is 0 Å². The van der Waals surface area contributed by atoms with Crippen LogP contribution in [0.1, 0.15) is 6.92 Å². The Kier molecular flexibility index (Phi) is 4.91. The van der Waals surface area contributed by atoms with Crippen molar-refractivity contribution in [2.75, 3.05) is 0 Å². The monoisotopic (exact) mass is 353 g/mol. The van der Waals surface area contributed by atoms with E-state index in [0.29, 0.717) is 4.99 Å². The number of thiocarbonyl (C=S) groups is 1. The Hall–Kier alpha value is 1.29. The number of hydrogen-bond acceptors (Lipinski definition) is 2. The van der Waals surface area contributed by atoms with Crippen LogP contribution in [0.5, 0.6) is 0 Å². The third-order valence-corrected chi connectivity index (χ3v) is 2.07. The Morgan fingerprint density at radius 3 is 2.10 bits per heavy atom. The summed E-state index contributed by atoms with van der Waals surface area (Å²) in [6, 6.07) is 0.